The van der Waals surface area contributed by atoms with Gasteiger partial charge in [0.25, 0.3) is 5.91 Å². The molecule has 0 radical (unpaired) electrons. The summed E-state index contributed by atoms with van der Waals surface area (Å²) in [5.74, 6) is 0.212. The minimum Gasteiger partial charge on any atom is -0.489 e. The molecule has 176 valence electrons. The molecule has 4 rings (SSSR count). The van der Waals surface area contributed by atoms with Crippen molar-refractivity contribution in [2.45, 2.75) is 45.6 Å². The Hall–Kier alpha value is -2.71. The lowest BCUT2D eigenvalue weighted by atomic mass is 9.88. The number of hydrogen-bond donors (Lipinski definition) is 3. The van der Waals surface area contributed by atoms with Gasteiger partial charge < -0.3 is 25.5 Å². The number of allylic oxidation sites excluding steroid dienone is 2. The molecule has 33 heavy (non-hydrogen) atoms. The second-order valence-corrected chi connectivity index (χ2v) is 9.19. The van der Waals surface area contributed by atoms with Crippen LogP contribution < -0.4 is 10.1 Å². The Bertz CT molecular complexity index is 1070. The third kappa shape index (κ3) is 4.96. The van der Waals surface area contributed by atoms with Crippen molar-refractivity contribution in [3.8, 4) is 5.75 Å². The molecule has 0 atom stereocenters. The minimum atomic E-state index is -0.474. The summed E-state index contributed by atoms with van der Waals surface area (Å²) in [6, 6.07) is 3.93. The maximum absolute atomic E-state index is 14.0. The molecule has 0 spiro atoms. The second kappa shape index (κ2) is 9.65. The molecule has 0 aromatic heterocycles. The molecule has 0 unspecified atom stereocenters. The first-order valence-electron chi connectivity index (χ1n) is 11.1. The summed E-state index contributed by atoms with van der Waals surface area (Å²) in [5, 5.41) is 21.4. The van der Waals surface area contributed by atoms with Crippen LogP contribution in [0.25, 0.3) is 0 Å². The van der Waals surface area contributed by atoms with E-state index in [2.05, 4.69) is 10.3 Å². The van der Waals surface area contributed by atoms with Crippen LogP contribution in [0.15, 0.2) is 45.3 Å². The number of carbonyl (C=O) groups is 1. The zero-order valence-corrected chi connectivity index (χ0v) is 19.5. The number of aliphatic hydroxyl groups excluding tert-OH is 1. The molecular formula is C24H28ClFN4O3. The zero-order valence-electron chi connectivity index (χ0n) is 18.8. The van der Waals surface area contributed by atoms with Crippen LogP contribution in [0.5, 0.6) is 5.75 Å². The molecule has 3 aliphatic rings. The molecule has 0 bridgehead atoms. The van der Waals surface area contributed by atoms with Crippen LogP contribution in [0.1, 0.15) is 49.9 Å². The number of aliphatic imine (C=N–C) groups is 1. The SMILES string of the molecule is CC1=N/C(=C2\CN(C(=O)c3ccc(F)cc3O[C@H]3CC[C@H](CO)CC3)CC2=N)NC(C)=C1Cl. The summed E-state index contributed by atoms with van der Waals surface area (Å²) in [7, 11) is 0. The number of carbonyl (C=O) groups excluding carboxylic acids is 1. The minimum absolute atomic E-state index is 0.126. The van der Waals surface area contributed by atoms with E-state index in [1.165, 1.54) is 23.1 Å². The fourth-order valence-corrected chi connectivity index (χ4v) is 4.52. The van der Waals surface area contributed by atoms with E-state index in [9.17, 15) is 14.3 Å². The van der Waals surface area contributed by atoms with E-state index in [1.807, 2.05) is 6.92 Å². The van der Waals surface area contributed by atoms with Gasteiger partial charge in [-0.3, -0.25) is 4.79 Å². The van der Waals surface area contributed by atoms with Crippen molar-refractivity contribution >= 4 is 28.9 Å². The highest BCUT2D eigenvalue weighted by Crippen LogP contribution is 2.31. The van der Waals surface area contributed by atoms with Gasteiger partial charge in [0, 0.05) is 23.9 Å². The molecule has 3 N–H and O–H groups in total. The quantitative estimate of drug-likeness (QED) is 0.614. The number of ether oxygens (including phenoxy) is 1. The summed E-state index contributed by atoms with van der Waals surface area (Å²) in [6.07, 6.45) is 3.05. The molecule has 9 heteroatoms. The third-order valence-corrected chi connectivity index (χ3v) is 6.94. The van der Waals surface area contributed by atoms with Gasteiger partial charge in [0.05, 0.1) is 41.2 Å². The highest BCUT2D eigenvalue weighted by molar-refractivity contribution is 6.43. The lowest BCUT2D eigenvalue weighted by molar-refractivity contribution is 0.0782. The van der Waals surface area contributed by atoms with Crippen molar-refractivity contribution < 1.29 is 19.0 Å². The Kier molecular flexibility index (Phi) is 6.86. The van der Waals surface area contributed by atoms with Crippen molar-refractivity contribution in [2.24, 2.45) is 10.9 Å². The molecule has 1 aromatic rings. The van der Waals surface area contributed by atoms with E-state index in [0.717, 1.165) is 31.4 Å². The summed E-state index contributed by atoms with van der Waals surface area (Å²) in [6.45, 7) is 4.13. The molecule has 1 saturated carbocycles. The largest absolute Gasteiger partial charge is 0.489 e. The molecule has 1 saturated heterocycles. The van der Waals surface area contributed by atoms with Crippen LogP contribution in [0.2, 0.25) is 0 Å². The Morgan fingerprint density at radius 3 is 2.70 bits per heavy atom. The Morgan fingerprint density at radius 2 is 2.03 bits per heavy atom. The van der Waals surface area contributed by atoms with Gasteiger partial charge in [0.2, 0.25) is 0 Å². The number of benzene rings is 1. The lowest BCUT2D eigenvalue weighted by Gasteiger charge is -2.28. The van der Waals surface area contributed by atoms with Crippen LogP contribution in [0.4, 0.5) is 4.39 Å². The van der Waals surface area contributed by atoms with Crippen molar-refractivity contribution in [2.75, 3.05) is 19.7 Å². The highest BCUT2D eigenvalue weighted by Gasteiger charge is 2.32. The standard InChI is InChI=1S/C24H28ClFN4O3/c1-13-22(25)14(2)29-23(28-13)19-10-30(11-20(19)27)24(32)18-8-5-16(26)9-21(18)33-17-6-3-15(12-31)4-7-17/h5,8-9,15,17,27-28,31H,3-4,6-7,10-12H2,1-2H3/b23-19+,27-20?/t15-,17-. The van der Waals surface area contributed by atoms with Crippen LogP contribution in [-0.2, 0) is 0 Å². The Balaban J connectivity index is 1.53. The maximum atomic E-state index is 14.0. The number of hydrogen-bond acceptors (Lipinski definition) is 6. The van der Waals surface area contributed by atoms with Crippen LogP contribution >= 0.6 is 11.6 Å². The van der Waals surface area contributed by atoms with Crippen molar-refractivity contribution in [1.29, 1.82) is 5.41 Å². The van der Waals surface area contributed by atoms with Gasteiger partial charge >= 0.3 is 0 Å². The molecule has 2 aliphatic heterocycles. The molecule has 7 nitrogen and oxygen atoms in total. The van der Waals surface area contributed by atoms with Gasteiger partial charge in [0.15, 0.2) is 0 Å². The average Bonchev–Trinajstić information content (AvgIpc) is 3.19. The number of aliphatic hydroxyl groups is 1. The third-order valence-electron chi connectivity index (χ3n) is 6.39. The predicted molar refractivity (Wildman–Crippen MR) is 125 cm³/mol. The van der Waals surface area contributed by atoms with Crippen LogP contribution in [-0.4, -0.2) is 53.1 Å². The first-order valence-corrected chi connectivity index (χ1v) is 11.5. The summed E-state index contributed by atoms with van der Waals surface area (Å²) in [5.41, 5.74) is 2.58. The number of nitrogens with zero attached hydrogens (tertiary/aromatic N) is 2. The molecule has 2 fully saturated rings. The number of likely N-dealkylation sites (tertiary alicyclic amines) is 1. The normalized spacial score (nSPS) is 25.8. The topological polar surface area (TPSA) is 98.0 Å². The van der Waals surface area contributed by atoms with E-state index in [-0.39, 0.29) is 48.9 Å². The maximum Gasteiger partial charge on any atom is 0.258 e. The number of halogens is 2. The van der Waals surface area contributed by atoms with E-state index in [0.29, 0.717) is 27.8 Å². The monoisotopic (exact) mass is 474 g/mol. The van der Waals surface area contributed by atoms with Gasteiger partial charge in [-0.1, -0.05) is 11.6 Å². The summed E-state index contributed by atoms with van der Waals surface area (Å²) in [4.78, 5) is 19.4. The van der Waals surface area contributed by atoms with E-state index < -0.39 is 5.82 Å². The molecular weight excluding hydrogens is 447 g/mol. The summed E-state index contributed by atoms with van der Waals surface area (Å²) >= 11 is 6.20. The van der Waals surface area contributed by atoms with Crippen molar-refractivity contribution in [1.82, 2.24) is 10.2 Å². The molecule has 2 heterocycles. The van der Waals surface area contributed by atoms with Gasteiger partial charge in [-0.05, 0) is 57.6 Å². The second-order valence-electron chi connectivity index (χ2n) is 8.81. The molecule has 1 amide bonds. The number of nitrogens with one attached hydrogen (secondary N) is 2. The molecule has 1 aliphatic carbocycles. The fourth-order valence-electron chi connectivity index (χ4n) is 4.43. The number of amides is 1. The lowest BCUT2D eigenvalue weighted by Crippen LogP contribution is -2.31. The van der Waals surface area contributed by atoms with Gasteiger partial charge in [-0.25, -0.2) is 9.38 Å². The zero-order chi connectivity index (χ0) is 23.7. The van der Waals surface area contributed by atoms with Gasteiger partial charge in [-0.2, -0.15) is 0 Å². The fraction of sp³-hybridized carbons (Fsp3) is 0.458. The van der Waals surface area contributed by atoms with E-state index in [1.54, 1.807) is 6.92 Å². The van der Waals surface area contributed by atoms with Crippen molar-refractivity contribution in [3.63, 3.8) is 0 Å². The first kappa shape index (κ1) is 23.4. The van der Waals surface area contributed by atoms with Crippen LogP contribution in [0, 0.1) is 17.1 Å². The van der Waals surface area contributed by atoms with Crippen LogP contribution in [0.3, 0.4) is 0 Å². The Morgan fingerprint density at radius 1 is 1.30 bits per heavy atom. The number of rotatable bonds is 4. The Labute approximate surface area is 197 Å². The van der Waals surface area contributed by atoms with E-state index in [4.69, 9.17) is 21.7 Å². The predicted octanol–water partition coefficient (Wildman–Crippen LogP) is 3.98. The van der Waals surface area contributed by atoms with E-state index >= 15 is 0 Å². The van der Waals surface area contributed by atoms with Gasteiger partial charge in [0.1, 0.15) is 17.4 Å². The molecule has 1 aromatic carbocycles. The first-order chi connectivity index (χ1) is 15.8. The average molecular weight is 475 g/mol. The summed E-state index contributed by atoms with van der Waals surface area (Å²) < 4.78 is 20.1. The van der Waals surface area contributed by atoms with Gasteiger partial charge in [-0.15, -0.1) is 0 Å². The smallest absolute Gasteiger partial charge is 0.258 e. The highest BCUT2D eigenvalue weighted by atomic mass is 35.5. The van der Waals surface area contributed by atoms with Crippen molar-refractivity contribution in [3.05, 3.63) is 51.7 Å².